The van der Waals surface area contributed by atoms with Crippen molar-refractivity contribution in [3.63, 3.8) is 0 Å². The quantitative estimate of drug-likeness (QED) is 0.116. The molecule has 18 aromatic carbocycles. The van der Waals surface area contributed by atoms with Crippen LogP contribution in [0.3, 0.4) is 0 Å². The molecular weight excluding hydrogens is 1300 g/mol. The van der Waals surface area contributed by atoms with Gasteiger partial charge in [-0.15, -0.1) is 0 Å². The van der Waals surface area contributed by atoms with E-state index in [1.165, 1.54) is 127 Å². The molecule has 0 saturated carbocycles. The van der Waals surface area contributed by atoms with E-state index >= 15 is 0 Å². The maximum absolute atomic E-state index is 6.36. The first-order valence-corrected chi connectivity index (χ1v) is 35.4. The summed E-state index contributed by atoms with van der Waals surface area (Å²) >= 11 is 6.36. The van der Waals surface area contributed by atoms with Gasteiger partial charge in [-0.3, -0.25) is 4.70 Å². The summed E-state index contributed by atoms with van der Waals surface area (Å²) in [5.74, 6) is 0. The Balaban J connectivity index is 0.000000145. The van der Waals surface area contributed by atoms with E-state index in [4.69, 9.17) is 11.6 Å². The number of benzene rings is 18. The van der Waals surface area contributed by atoms with Crippen LogP contribution in [0.1, 0.15) is 7.43 Å². The third-order valence-corrected chi connectivity index (χ3v) is 19.5. The fourth-order valence-electron chi connectivity index (χ4n) is 14.4. The molecule has 0 bridgehead atoms. The third-order valence-electron chi connectivity index (χ3n) is 19.2. The van der Waals surface area contributed by atoms with Crippen LogP contribution in [0.4, 0.5) is 33.1 Å². The molecule has 0 saturated heterocycles. The van der Waals surface area contributed by atoms with Crippen LogP contribution in [-0.4, -0.2) is 0 Å². The van der Waals surface area contributed by atoms with E-state index in [0.717, 1.165) is 39.0 Å². The number of halogens is 2. The monoisotopic (exact) mass is 1370 g/mol. The number of nitrogens with zero attached hydrogens (tertiary/aromatic N) is 1. The Morgan fingerprint density at radius 3 is 0.714 bits per heavy atom. The minimum Gasteiger partial charge on any atom is -0.356 e. The molecule has 2 nitrogen and oxygen atoms in total. The van der Waals surface area contributed by atoms with Gasteiger partial charge in [0.1, 0.15) is 0 Å². The third kappa shape index (κ3) is 15.0. The lowest BCUT2D eigenvalue weighted by molar-refractivity contribution is 1.11. The van der Waals surface area contributed by atoms with Crippen molar-refractivity contribution in [1.82, 2.24) is 0 Å². The van der Waals surface area contributed by atoms with Crippen molar-refractivity contribution < 1.29 is 4.70 Å². The lowest BCUT2D eigenvalue weighted by Crippen LogP contribution is -2.10. The van der Waals surface area contributed by atoms with Gasteiger partial charge in [0.25, 0.3) is 0 Å². The van der Waals surface area contributed by atoms with Crippen molar-refractivity contribution in [2.45, 2.75) is 7.43 Å². The zero-order valence-corrected chi connectivity index (χ0v) is 57.9. The Morgan fingerprint density at radius 2 is 0.410 bits per heavy atom. The van der Waals surface area contributed by atoms with E-state index in [2.05, 4.69) is 411 Å². The van der Waals surface area contributed by atoms with Gasteiger partial charge in [0, 0.05) is 33.5 Å². The van der Waals surface area contributed by atoms with Gasteiger partial charge in [-0.25, -0.2) is 0 Å². The SMILES string of the molecule is C.Clc1cccc(-c2c(-c3ccccc3)c3ccccc3c3ccccc23)c1.F.c1ccc(-c2ccc(N(c3ccc(-c4ccccc4)cc3)c3cccc(-c4c(-c5ccccc5)c5ccccc5c5ccccc45)c3)cc2)cc1.c1ccc(-c2ccc(Nc3ccc(-c4ccccc4)cc3)cc2)cc1. The molecule has 105 heavy (non-hydrogen) atoms. The molecule has 1 N–H and O–H groups in total. The Bertz CT molecular complexity index is 5740. The average molecular weight is 1370 g/mol. The van der Waals surface area contributed by atoms with E-state index < -0.39 is 0 Å². The molecule has 504 valence electrons. The molecule has 0 aliphatic carbocycles. The molecule has 0 radical (unpaired) electrons. The first kappa shape index (κ1) is 68.9. The highest BCUT2D eigenvalue weighted by molar-refractivity contribution is 6.31. The van der Waals surface area contributed by atoms with Crippen molar-refractivity contribution >= 4 is 83.1 Å². The van der Waals surface area contributed by atoms with Crippen LogP contribution in [0.15, 0.2) is 425 Å². The smallest absolute Gasteiger partial charge is 0.0467 e. The van der Waals surface area contributed by atoms with Crippen LogP contribution in [0.5, 0.6) is 0 Å². The summed E-state index contributed by atoms with van der Waals surface area (Å²) < 4.78 is 0. The van der Waals surface area contributed by atoms with Gasteiger partial charge < -0.3 is 10.2 Å². The van der Waals surface area contributed by atoms with Gasteiger partial charge in [0.15, 0.2) is 0 Å². The molecule has 0 spiro atoms. The van der Waals surface area contributed by atoms with Crippen LogP contribution in [0, 0.1) is 0 Å². The summed E-state index contributed by atoms with van der Waals surface area (Å²) in [6.07, 6.45) is 0. The zero-order chi connectivity index (χ0) is 69.1. The minimum absolute atomic E-state index is 0. The van der Waals surface area contributed by atoms with Crippen molar-refractivity contribution in [2.24, 2.45) is 0 Å². The lowest BCUT2D eigenvalue weighted by Gasteiger charge is -2.27. The van der Waals surface area contributed by atoms with Gasteiger partial charge in [0.2, 0.25) is 0 Å². The Kier molecular flexibility index (Phi) is 21.1. The van der Waals surface area contributed by atoms with Crippen molar-refractivity contribution in [3.8, 4) is 89.0 Å². The second-order valence-corrected chi connectivity index (χ2v) is 26.1. The molecule has 0 fully saturated rings. The molecule has 0 aliphatic heterocycles. The molecule has 0 aromatic heterocycles. The van der Waals surface area contributed by atoms with Crippen molar-refractivity contribution in [3.05, 3.63) is 430 Å². The summed E-state index contributed by atoms with van der Waals surface area (Å²) in [5, 5.41) is 14.3. The number of hydrogen-bond acceptors (Lipinski definition) is 2. The minimum atomic E-state index is 0. The average Bonchev–Trinajstić information content (AvgIpc) is 0.741. The van der Waals surface area contributed by atoms with Crippen LogP contribution in [0.2, 0.25) is 5.02 Å². The lowest BCUT2D eigenvalue weighted by atomic mass is 9.85. The normalized spacial score (nSPS) is 10.8. The van der Waals surface area contributed by atoms with Gasteiger partial charge in [-0.1, -0.05) is 371 Å². The molecule has 18 rings (SSSR count). The molecule has 0 aliphatic rings. The largest absolute Gasteiger partial charge is 0.356 e. The molecule has 18 aromatic rings. The second-order valence-electron chi connectivity index (χ2n) is 25.6. The van der Waals surface area contributed by atoms with E-state index in [9.17, 15) is 0 Å². The standard InChI is InChI=1S/C50H35N.C26H17Cl.C24H19N.CH4.FH/c1-4-15-36(16-5-1)38-27-31-42(32-28-38)51(43-33-29-39(30-34-43)37-17-6-2-7-18-37)44-22-14-21-41(35-44)50-48-26-13-11-24-46(48)45-23-10-12-25-47(45)49(50)40-19-8-3-9-20-40;27-20-12-8-11-19(17-20)26-24-16-7-5-14-22(24)21-13-4-6-15-23(21)25(26)18-9-2-1-3-10-18;1-3-7-19(8-4-1)21-11-15-23(16-12-21)25-24-17-13-22(14-18-24)20-9-5-2-6-10-20;;/h1-35H;1-17H;1-18,25H;1H4;1H. The van der Waals surface area contributed by atoms with E-state index in [0.29, 0.717) is 0 Å². The van der Waals surface area contributed by atoms with E-state index in [1.807, 2.05) is 24.3 Å². The molecule has 0 amide bonds. The predicted molar refractivity (Wildman–Crippen MR) is 451 cm³/mol. The highest BCUT2D eigenvalue weighted by Gasteiger charge is 2.22. The molecule has 0 atom stereocenters. The summed E-state index contributed by atoms with van der Waals surface area (Å²) in [5.41, 5.74) is 25.0. The highest BCUT2D eigenvalue weighted by Crippen LogP contribution is 2.48. The summed E-state index contributed by atoms with van der Waals surface area (Å²) in [7, 11) is 0. The number of fused-ring (bicyclic) bond motifs is 6. The Labute approximate surface area is 620 Å². The van der Waals surface area contributed by atoms with Gasteiger partial charge in [-0.2, -0.15) is 0 Å². The summed E-state index contributed by atoms with van der Waals surface area (Å²) in [6.45, 7) is 0. The van der Waals surface area contributed by atoms with Crippen LogP contribution in [-0.2, 0) is 0 Å². The first-order valence-electron chi connectivity index (χ1n) is 35.1. The number of anilines is 5. The van der Waals surface area contributed by atoms with Gasteiger partial charge in [-0.05, 0) is 205 Å². The summed E-state index contributed by atoms with van der Waals surface area (Å²) in [6, 6.07) is 151. The number of hydrogen-bond donors (Lipinski definition) is 1. The maximum atomic E-state index is 6.36. The van der Waals surface area contributed by atoms with Crippen molar-refractivity contribution in [2.75, 3.05) is 10.2 Å². The van der Waals surface area contributed by atoms with E-state index in [1.54, 1.807) is 0 Å². The molecule has 4 heteroatoms. The number of nitrogens with one attached hydrogen (secondary N) is 1. The van der Waals surface area contributed by atoms with E-state index in [-0.39, 0.29) is 12.1 Å². The molecule has 0 heterocycles. The second kappa shape index (κ2) is 32.2. The molecular formula is C101H76ClFN2. The van der Waals surface area contributed by atoms with Crippen LogP contribution < -0.4 is 10.2 Å². The summed E-state index contributed by atoms with van der Waals surface area (Å²) in [4.78, 5) is 2.37. The number of rotatable bonds is 13. The Morgan fingerprint density at radius 1 is 0.181 bits per heavy atom. The highest BCUT2D eigenvalue weighted by atomic mass is 35.5. The maximum Gasteiger partial charge on any atom is 0.0467 e. The first-order chi connectivity index (χ1) is 51.0. The van der Waals surface area contributed by atoms with Gasteiger partial charge >= 0.3 is 0 Å². The van der Waals surface area contributed by atoms with Crippen molar-refractivity contribution in [1.29, 1.82) is 0 Å². The van der Waals surface area contributed by atoms with Crippen LogP contribution >= 0.6 is 11.6 Å². The molecule has 0 unspecified atom stereocenters. The predicted octanol–water partition coefficient (Wildman–Crippen LogP) is 29.7. The zero-order valence-electron chi connectivity index (χ0n) is 57.1. The fraction of sp³-hybridized carbons (Fsp3) is 0.00990. The fourth-order valence-corrected chi connectivity index (χ4v) is 14.6. The topological polar surface area (TPSA) is 15.3 Å². The van der Waals surface area contributed by atoms with Crippen LogP contribution in [0.25, 0.3) is 132 Å². The van der Waals surface area contributed by atoms with Gasteiger partial charge in [0.05, 0.1) is 0 Å². The Hall–Kier alpha value is -13.2.